The highest BCUT2D eigenvalue weighted by molar-refractivity contribution is 7.89. The zero-order chi connectivity index (χ0) is 21.8. The van der Waals surface area contributed by atoms with Gasteiger partial charge in [0.05, 0.1) is 11.4 Å². The topological polar surface area (TPSA) is 83.6 Å². The number of amides is 1. The molecule has 2 aromatic carbocycles. The Hall–Kier alpha value is -2.22. The third kappa shape index (κ3) is 5.23. The number of hydrogen-bond donors (Lipinski definition) is 1. The Labute approximate surface area is 176 Å². The van der Waals surface area contributed by atoms with Gasteiger partial charge in [0, 0.05) is 23.3 Å². The van der Waals surface area contributed by atoms with Crippen LogP contribution in [0.3, 0.4) is 0 Å². The molecule has 2 rings (SSSR count). The summed E-state index contributed by atoms with van der Waals surface area (Å²) in [4.78, 5) is 24.0. The number of Topliss-reactive ketones (excluding diaryl/α,β-unsaturated/α-hetero) is 1. The molecular weight excluding hydrogens is 412 g/mol. The van der Waals surface area contributed by atoms with Crippen molar-refractivity contribution < 1.29 is 18.0 Å². The fraction of sp³-hybridized carbons (Fsp3) is 0.333. The summed E-state index contributed by atoms with van der Waals surface area (Å²) in [6.07, 6.45) is 1.34. The average Bonchev–Trinajstić information content (AvgIpc) is 2.68. The second kappa shape index (κ2) is 9.52. The smallest absolute Gasteiger partial charge is 0.243 e. The molecule has 0 radical (unpaired) electrons. The quantitative estimate of drug-likeness (QED) is 0.635. The molecule has 0 aliphatic heterocycles. The first kappa shape index (κ1) is 23.1. The summed E-state index contributed by atoms with van der Waals surface area (Å²) >= 11 is 6.25. The number of aryl methyl sites for hydroxylation is 1. The minimum absolute atomic E-state index is 0.0176. The standard InChI is InChI=1S/C21H25ClN2O4S/c1-5-15-9-12-19(22)18(6-2)21(15)23-20(26)13-24(4)29(27,28)17-10-7-16(8-11-17)14(3)25/h7-12H,5-6,13H2,1-4H3,(H,23,26). The van der Waals surface area contributed by atoms with Crippen LogP contribution in [-0.2, 0) is 27.7 Å². The van der Waals surface area contributed by atoms with Crippen LogP contribution in [0.4, 0.5) is 5.69 Å². The number of nitrogens with one attached hydrogen (secondary N) is 1. The average molecular weight is 437 g/mol. The summed E-state index contributed by atoms with van der Waals surface area (Å²) in [6, 6.07) is 9.29. The van der Waals surface area contributed by atoms with E-state index >= 15 is 0 Å². The summed E-state index contributed by atoms with van der Waals surface area (Å²) in [5, 5.41) is 3.39. The number of carbonyl (C=O) groups is 2. The van der Waals surface area contributed by atoms with Crippen LogP contribution in [0.25, 0.3) is 0 Å². The van der Waals surface area contributed by atoms with Crippen LogP contribution in [0.1, 0.15) is 42.3 Å². The number of nitrogens with zero attached hydrogens (tertiary/aromatic N) is 1. The first-order valence-electron chi connectivity index (χ1n) is 9.29. The van der Waals surface area contributed by atoms with Gasteiger partial charge in [-0.2, -0.15) is 4.31 Å². The number of benzene rings is 2. The molecule has 29 heavy (non-hydrogen) atoms. The van der Waals surface area contributed by atoms with Crippen molar-refractivity contribution in [2.45, 2.75) is 38.5 Å². The first-order chi connectivity index (χ1) is 13.6. The van der Waals surface area contributed by atoms with Gasteiger partial charge in [0.15, 0.2) is 5.78 Å². The Morgan fingerprint density at radius 3 is 2.17 bits per heavy atom. The minimum atomic E-state index is -3.87. The zero-order valence-electron chi connectivity index (χ0n) is 17.0. The SMILES string of the molecule is CCc1ccc(Cl)c(CC)c1NC(=O)CN(C)S(=O)(=O)c1ccc(C(C)=O)cc1. The number of ketones is 1. The Kier molecular flexibility index (Phi) is 7.57. The lowest BCUT2D eigenvalue weighted by atomic mass is 10.0. The molecule has 8 heteroatoms. The fourth-order valence-corrected chi connectivity index (χ4v) is 4.39. The number of sulfonamides is 1. The Balaban J connectivity index is 2.20. The van der Waals surface area contributed by atoms with Crippen molar-refractivity contribution in [1.29, 1.82) is 0 Å². The van der Waals surface area contributed by atoms with Crippen molar-refractivity contribution in [2.75, 3.05) is 18.9 Å². The largest absolute Gasteiger partial charge is 0.324 e. The Morgan fingerprint density at radius 1 is 1.03 bits per heavy atom. The summed E-state index contributed by atoms with van der Waals surface area (Å²) in [5.41, 5.74) is 2.82. The fourth-order valence-electron chi connectivity index (χ4n) is 2.97. The van der Waals surface area contributed by atoms with Crippen LogP contribution in [0, 0.1) is 0 Å². The maximum absolute atomic E-state index is 12.7. The molecule has 0 saturated carbocycles. The van der Waals surface area contributed by atoms with E-state index < -0.39 is 15.9 Å². The van der Waals surface area contributed by atoms with Gasteiger partial charge in [-0.25, -0.2) is 8.42 Å². The first-order valence-corrected chi connectivity index (χ1v) is 11.1. The monoisotopic (exact) mass is 436 g/mol. The van der Waals surface area contributed by atoms with E-state index in [9.17, 15) is 18.0 Å². The summed E-state index contributed by atoms with van der Waals surface area (Å²) < 4.78 is 26.5. The minimum Gasteiger partial charge on any atom is -0.324 e. The van der Waals surface area contributed by atoms with Crippen molar-refractivity contribution >= 4 is 39.0 Å². The van der Waals surface area contributed by atoms with Crippen molar-refractivity contribution in [1.82, 2.24) is 4.31 Å². The van der Waals surface area contributed by atoms with E-state index in [0.29, 0.717) is 29.1 Å². The molecule has 1 amide bonds. The van der Waals surface area contributed by atoms with Crippen molar-refractivity contribution in [2.24, 2.45) is 0 Å². The predicted molar refractivity (Wildman–Crippen MR) is 115 cm³/mol. The normalized spacial score (nSPS) is 11.5. The second-order valence-corrected chi connectivity index (χ2v) is 9.11. The van der Waals surface area contributed by atoms with E-state index in [2.05, 4.69) is 5.32 Å². The van der Waals surface area contributed by atoms with Gasteiger partial charge in [-0.05, 0) is 49.1 Å². The number of anilines is 1. The van der Waals surface area contributed by atoms with Gasteiger partial charge in [0.25, 0.3) is 0 Å². The molecule has 0 saturated heterocycles. The van der Waals surface area contributed by atoms with Crippen LogP contribution in [0.2, 0.25) is 5.02 Å². The number of rotatable bonds is 8. The highest BCUT2D eigenvalue weighted by Crippen LogP contribution is 2.29. The molecule has 0 heterocycles. The van der Waals surface area contributed by atoms with Gasteiger partial charge in [0.2, 0.25) is 15.9 Å². The molecule has 0 spiro atoms. The number of carbonyl (C=O) groups excluding carboxylic acids is 2. The lowest BCUT2D eigenvalue weighted by molar-refractivity contribution is -0.116. The van der Waals surface area contributed by atoms with E-state index in [4.69, 9.17) is 11.6 Å². The third-order valence-electron chi connectivity index (χ3n) is 4.68. The van der Waals surface area contributed by atoms with E-state index in [1.165, 1.54) is 38.2 Å². The maximum Gasteiger partial charge on any atom is 0.243 e. The second-order valence-electron chi connectivity index (χ2n) is 6.66. The third-order valence-corrected chi connectivity index (χ3v) is 6.85. The van der Waals surface area contributed by atoms with Gasteiger partial charge in [0.1, 0.15) is 0 Å². The van der Waals surface area contributed by atoms with Gasteiger partial charge < -0.3 is 5.32 Å². The van der Waals surface area contributed by atoms with Crippen LogP contribution in [-0.4, -0.2) is 38.0 Å². The maximum atomic E-state index is 12.7. The van der Waals surface area contributed by atoms with E-state index in [1.807, 2.05) is 19.9 Å². The van der Waals surface area contributed by atoms with E-state index in [-0.39, 0.29) is 17.2 Å². The Morgan fingerprint density at radius 2 is 1.66 bits per heavy atom. The highest BCUT2D eigenvalue weighted by Gasteiger charge is 2.24. The van der Waals surface area contributed by atoms with Crippen LogP contribution < -0.4 is 5.32 Å². The van der Waals surface area contributed by atoms with Gasteiger partial charge in [-0.3, -0.25) is 9.59 Å². The zero-order valence-corrected chi connectivity index (χ0v) is 18.5. The van der Waals surface area contributed by atoms with Crippen LogP contribution in [0.5, 0.6) is 0 Å². The van der Waals surface area contributed by atoms with Crippen LogP contribution >= 0.6 is 11.6 Å². The molecule has 0 unspecified atom stereocenters. The molecule has 0 aromatic heterocycles. The van der Waals surface area contributed by atoms with Gasteiger partial charge >= 0.3 is 0 Å². The number of hydrogen-bond acceptors (Lipinski definition) is 4. The molecule has 0 aliphatic rings. The Bertz CT molecular complexity index is 1020. The molecule has 0 bridgehead atoms. The van der Waals surface area contributed by atoms with Gasteiger partial charge in [-0.1, -0.05) is 43.6 Å². The highest BCUT2D eigenvalue weighted by atomic mass is 35.5. The summed E-state index contributed by atoms with van der Waals surface area (Å²) in [6.45, 7) is 4.97. The van der Waals surface area contributed by atoms with Crippen molar-refractivity contribution in [3.63, 3.8) is 0 Å². The number of likely N-dealkylation sites (N-methyl/N-ethyl adjacent to an activating group) is 1. The molecule has 1 N–H and O–H groups in total. The van der Waals surface area contributed by atoms with Gasteiger partial charge in [-0.15, -0.1) is 0 Å². The lowest BCUT2D eigenvalue weighted by Gasteiger charge is -2.19. The molecule has 6 nitrogen and oxygen atoms in total. The molecule has 156 valence electrons. The molecule has 2 aromatic rings. The molecule has 0 fully saturated rings. The molecular formula is C21H25ClN2O4S. The summed E-state index contributed by atoms with van der Waals surface area (Å²) in [5.74, 6) is -0.607. The molecule has 0 atom stereocenters. The van der Waals surface area contributed by atoms with Crippen LogP contribution in [0.15, 0.2) is 41.3 Å². The lowest BCUT2D eigenvalue weighted by Crippen LogP contribution is -2.35. The molecule has 0 aliphatic carbocycles. The van der Waals surface area contributed by atoms with E-state index in [0.717, 1.165) is 15.4 Å². The van der Waals surface area contributed by atoms with Crippen molar-refractivity contribution in [3.05, 3.63) is 58.1 Å². The van der Waals surface area contributed by atoms with E-state index in [1.54, 1.807) is 6.07 Å². The van der Waals surface area contributed by atoms with Crippen molar-refractivity contribution in [3.8, 4) is 0 Å². The summed E-state index contributed by atoms with van der Waals surface area (Å²) in [7, 11) is -2.53. The number of halogens is 1. The predicted octanol–water partition coefficient (Wildman–Crippen LogP) is 3.93.